The molecule has 478 valence electrons. The van der Waals surface area contributed by atoms with Gasteiger partial charge in [-0.3, -0.25) is 4.99 Å². The standard InChI is InChI=1S/C14H18N2.C14H16.C13H16.C8H18N2.C8H13N.C8H18O.2C7H16/c1-12(2)8-14-10-16(11-15-14)9-13-6-4-3-5-7-13;1-11(2)9-12-7-8-13-5-3-4-6-14(13)10-12;1-10(2)9-12-8-7-11-5-3-4-6-13(11)12;1-7(2)5-4-6-10-8(3)9;1-7(2)6-8-4-3-5-9-8;1-7(2)6-9-8(3,4)5;2*1-6(2)5-7(3)4/h3-7,10-12H,8-9H2,1-2H3;3-8,10-11H,9H2,1-2H3;3-6,8,10H,7,9H2,1-2H3;7,10H,3-6,9H2,1-2H3;4-5,7H,3,6H2,1-2H3;7H,6H2,1-5H3;2*6-7H,5H2,1-4H3. The molecule has 7 rings (SSSR count). The SMILES string of the molecule is C=C(N)NCCCC(C)C.CC(C)CC(C)C.CC(C)CC(C)C.CC(C)CC1=CCC=N1.CC(C)CC1=CCc2ccccc21.CC(C)COC(C)(C)C.CC(C)Cc1ccc2ccccc2c1.CC(C)Cc1cn(Cc2ccccc2)cn1. The lowest BCUT2D eigenvalue weighted by atomic mass is 9.98. The van der Waals surface area contributed by atoms with Gasteiger partial charge in [0.05, 0.1) is 23.4 Å². The third-order valence-corrected chi connectivity index (χ3v) is 12.9. The van der Waals surface area contributed by atoms with Crippen LogP contribution >= 0.6 is 0 Å². The summed E-state index contributed by atoms with van der Waals surface area (Å²) in [4.78, 5) is 8.63. The minimum absolute atomic E-state index is 0.0320. The largest absolute Gasteiger partial charge is 0.386 e. The smallest absolute Gasteiger partial charge is 0.0952 e. The Kier molecular flexibility index (Phi) is 43.2. The van der Waals surface area contributed by atoms with Crippen LogP contribution in [0.2, 0.25) is 0 Å². The molecule has 0 unspecified atom stereocenters. The van der Waals surface area contributed by atoms with Crippen molar-refractivity contribution in [3.8, 4) is 0 Å². The van der Waals surface area contributed by atoms with E-state index in [2.05, 4.69) is 295 Å². The Labute approximate surface area is 525 Å². The molecule has 0 spiro atoms. The lowest BCUT2D eigenvalue weighted by Crippen LogP contribution is -2.21. The first-order valence-corrected chi connectivity index (χ1v) is 33.2. The molecule has 1 aromatic heterocycles. The Morgan fingerprint density at radius 1 is 0.576 bits per heavy atom. The number of benzene rings is 4. The fourth-order valence-corrected chi connectivity index (χ4v) is 9.66. The van der Waals surface area contributed by atoms with Gasteiger partial charge in [-0.1, -0.05) is 254 Å². The number of rotatable bonds is 21. The summed E-state index contributed by atoms with van der Waals surface area (Å²) in [7, 11) is 0. The molecule has 0 radical (unpaired) electrons. The van der Waals surface area contributed by atoms with E-state index >= 15 is 0 Å². The van der Waals surface area contributed by atoms with Crippen LogP contribution in [0.25, 0.3) is 16.3 Å². The van der Waals surface area contributed by atoms with E-state index in [1.807, 2.05) is 18.6 Å². The van der Waals surface area contributed by atoms with Gasteiger partial charge in [-0.05, 0) is 176 Å². The van der Waals surface area contributed by atoms with Crippen LogP contribution in [0.1, 0.15) is 232 Å². The Hall–Kier alpha value is -5.20. The molecule has 0 saturated heterocycles. The predicted molar refractivity (Wildman–Crippen MR) is 382 cm³/mol. The first-order chi connectivity index (χ1) is 39.8. The molecule has 2 heterocycles. The van der Waals surface area contributed by atoms with E-state index in [9.17, 15) is 0 Å². The van der Waals surface area contributed by atoms with Crippen molar-refractivity contribution < 1.29 is 4.74 Å². The van der Waals surface area contributed by atoms with Crippen LogP contribution < -0.4 is 11.1 Å². The zero-order chi connectivity index (χ0) is 64.5. The van der Waals surface area contributed by atoms with Gasteiger partial charge in [0, 0.05) is 44.2 Å². The molecule has 1 aliphatic carbocycles. The Bertz CT molecular complexity index is 2500. The first kappa shape index (κ1) is 79.8. The fraction of sp³-hybridized carbons (Fsp3) is 0.595. The summed E-state index contributed by atoms with van der Waals surface area (Å²) in [6.07, 6.45) is 22.5. The lowest BCUT2D eigenvalue weighted by molar-refractivity contribution is -0.0167. The number of allylic oxidation sites excluding steroid dienone is 4. The third kappa shape index (κ3) is 46.7. The van der Waals surface area contributed by atoms with Gasteiger partial charge in [0.1, 0.15) is 0 Å². The molecule has 2 aliphatic rings. The molecule has 6 nitrogen and oxygen atoms in total. The highest BCUT2D eigenvalue weighted by atomic mass is 16.5. The van der Waals surface area contributed by atoms with E-state index in [4.69, 9.17) is 10.5 Å². The monoisotopic (exact) mass is 1170 g/mol. The first-order valence-electron chi connectivity index (χ1n) is 33.2. The zero-order valence-corrected chi connectivity index (χ0v) is 59.1. The van der Waals surface area contributed by atoms with Crippen molar-refractivity contribution >= 4 is 22.6 Å². The number of fused-ring (bicyclic) bond motifs is 2. The highest BCUT2D eigenvalue weighted by molar-refractivity contribution is 5.83. The van der Waals surface area contributed by atoms with Gasteiger partial charge in [-0.15, -0.1) is 0 Å². The number of hydrogen-bond donors (Lipinski definition) is 2. The molecule has 6 heteroatoms. The molecular weight excluding hydrogens is 1030 g/mol. The highest BCUT2D eigenvalue weighted by Gasteiger charge is 2.14. The molecule has 0 atom stereocenters. The molecule has 5 aromatic rings. The minimum atomic E-state index is 0.0320. The predicted octanol–water partition coefficient (Wildman–Crippen LogP) is 22.5. The molecule has 4 aromatic carbocycles. The second-order valence-electron chi connectivity index (χ2n) is 28.8. The van der Waals surface area contributed by atoms with Gasteiger partial charge >= 0.3 is 0 Å². The van der Waals surface area contributed by atoms with E-state index in [0.29, 0.717) is 17.7 Å². The summed E-state index contributed by atoms with van der Waals surface area (Å²) in [6.45, 7) is 57.3. The molecule has 85 heavy (non-hydrogen) atoms. The average molecular weight is 1170 g/mol. The van der Waals surface area contributed by atoms with E-state index in [0.717, 1.165) is 92.7 Å². The van der Waals surface area contributed by atoms with Crippen LogP contribution in [-0.4, -0.2) is 34.5 Å². The average Bonchev–Trinajstić information content (AvgIpc) is 4.43. The van der Waals surface area contributed by atoms with Crippen molar-refractivity contribution in [2.45, 2.75) is 236 Å². The number of aliphatic imine (C=N–C) groups is 1. The van der Waals surface area contributed by atoms with Crippen LogP contribution in [0.5, 0.6) is 0 Å². The molecule has 1 aliphatic heterocycles. The fourth-order valence-electron chi connectivity index (χ4n) is 9.66. The summed E-state index contributed by atoms with van der Waals surface area (Å²) in [5.74, 6) is 8.40. The van der Waals surface area contributed by atoms with Gasteiger partial charge in [0.25, 0.3) is 0 Å². The molecule has 0 amide bonds. The van der Waals surface area contributed by atoms with Crippen LogP contribution in [0.4, 0.5) is 0 Å². The van der Waals surface area contributed by atoms with E-state index in [-0.39, 0.29) is 5.60 Å². The van der Waals surface area contributed by atoms with Crippen LogP contribution in [0.3, 0.4) is 0 Å². The van der Waals surface area contributed by atoms with Crippen molar-refractivity contribution in [2.24, 2.45) is 69.9 Å². The Morgan fingerprint density at radius 3 is 1.59 bits per heavy atom. The van der Waals surface area contributed by atoms with Crippen molar-refractivity contribution in [2.75, 3.05) is 13.2 Å². The number of hydrogen-bond acceptors (Lipinski definition) is 5. The van der Waals surface area contributed by atoms with Crippen LogP contribution in [0.15, 0.2) is 145 Å². The summed E-state index contributed by atoms with van der Waals surface area (Å²) in [5, 5.41) is 5.67. The van der Waals surface area contributed by atoms with E-state index < -0.39 is 0 Å². The molecule has 3 N–H and O–H groups in total. The quantitative estimate of drug-likeness (QED) is 0.0718. The summed E-state index contributed by atoms with van der Waals surface area (Å²) in [5.41, 5.74) is 15.1. The molecule has 0 fully saturated rings. The van der Waals surface area contributed by atoms with Crippen LogP contribution in [-0.2, 0) is 30.5 Å². The molecule has 0 bridgehead atoms. The molecule has 0 saturated carbocycles. The Balaban J connectivity index is 0.000000966. The van der Waals surface area contributed by atoms with Crippen molar-refractivity contribution in [1.29, 1.82) is 0 Å². The normalized spacial score (nSPS) is 12.2. The van der Waals surface area contributed by atoms with Gasteiger partial charge < -0.3 is 20.4 Å². The second-order valence-corrected chi connectivity index (χ2v) is 28.8. The number of nitrogens with zero attached hydrogens (tertiary/aromatic N) is 3. The maximum atomic E-state index is 5.49. The number of aromatic nitrogens is 2. The Morgan fingerprint density at radius 2 is 1.12 bits per heavy atom. The maximum Gasteiger partial charge on any atom is 0.0952 e. The lowest BCUT2D eigenvalue weighted by Gasteiger charge is -2.20. The molecular formula is C79H131N5O. The van der Waals surface area contributed by atoms with Crippen molar-refractivity contribution in [3.63, 3.8) is 0 Å². The van der Waals surface area contributed by atoms with Gasteiger partial charge in [-0.2, -0.15) is 0 Å². The summed E-state index contributed by atoms with van der Waals surface area (Å²) < 4.78 is 7.64. The maximum absolute atomic E-state index is 5.49. The van der Waals surface area contributed by atoms with Crippen molar-refractivity contribution in [1.82, 2.24) is 14.9 Å². The van der Waals surface area contributed by atoms with E-state index in [1.165, 1.54) is 82.9 Å². The number of nitrogens with two attached hydrogens (primary N) is 1. The summed E-state index contributed by atoms with van der Waals surface area (Å²) in [6, 6.07) is 34.5. The topological polar surface area (TPSA) is 77.5 Å². The van der Waals surface area contributed by atoms with Gasteiger partial charge in [-0.25, -0.2) is 4.98 Å². The van der Waals surface area contributed by atoms with E-state index in [1.54, 1.807) is 5.57 Å². The number of ether oxygens (including phenoxy) is 1. The summed E-state index contributed by atoms with van der Waals surface area (Å²) >= 11 is 0. The van der Waals surface area contributed by atoms with Crippen LogP contribution in [0, 0.1) is 59.2 Å². The number of imidazole rings is 1. The highest BCUT2D eigenvalue weighted by Crippen LogP contribution is 2.31. The zero-order valence-electron chi connectivity index (χ0n) is 59.1. The third-order valence-electron chi connectivity index (χ3n) is 12.9. The van der Waals surface area contributed by atoms with Gasteiger partial charge in [0.15, 0.2) is 0 Å². The number of nitrogens with one attached hydrogen (secondary N) is 1. The second kappa shape index (κ2) is 46.0. The van der Waals surface area contributed by atoms with Crippen molar-refractivity contribution in [3.05, 3.63) is 168 Å². The van der Waals surface area contributed by atoms with Gasteiger partial charge in [0.2, 0.25) is 0 Å². The minimum Gasteiger partial charge on any atom is -0.386 e.